The van der Waals surface area contributed by atoms with E-state index in [1.54, 1.807) is 6.07 Å². The van der Waals surface area contributed by atoms with Crippen molar-refractivity contribution in [2.45, 2.75) is 17.7 Å². The number of sulfonamides is 1. The maximum atomic E-state index is 13.1. The number of hydrogen-bond acceptors (Lipinski definition) is 8. The van der Waals surface area contributed by atoms with Crippen molar-refractivity contribution in [3.8, 4) is 5.75 Å². The molecule has 170 valence electrons. The summed E-state index contributed by atoms with van der Waals surface area (Å²) in [6.45, 7) is 0.220. The molecule has 0 N–H and O–H groups in total. The van der Waals surface area contributed by atoms with Crippen molar-refractivity contribution in [3.63, 3.8) is 0 Å². The third-order valence-electron chi connectivity index (χ3n) is 5.19. The quantitative estimate of drug-likeness (QED) is 0.475. The van der Waals surface area contributed by atoms with Gasteiger partial charge in [-0.3, -0.25) is 4.79 Å². The molecule has 2 aromatic rings. The second-order valence-corrected chi connectivity index (χ2v) is 9.01. The highest BCUT2D eigenvalue weighted by molar-refractivity contribution is 7.89. The van der Waals surface area contributed by atoms with E-state index in [-0.39, 0.29) is 42.1 Å². The zero-order chi connectivity index (χ0) is 23.3. The molecule has 0 aromatic heterocycles. The number of rotatable bonds is 6. The first-order chi connectivity index (χ1) is 15.3. The minimum atomic E-state index is -3.93. The molecule has 10 heteroatoms. The molecule has 2 aromatic carbocycles. The zero-order valence-corrected chi connectivity index (χ0v) is 18.5. The van der Waals surface area contributed by atoms with Gasteiger partial charge in [0.1, 0.15) is 5.75 Å². The van der Waals surface area contributed by atoms with E-state index in [4.69, 9.17) is 4.74 Å². The molecule has 1 aliphatic heterocycles. The average Bonchev–Trinajstić information content (AvgIpc) is 2.83. The Morgan fingerprint density at radius 2 is 1.47 bits per heavy atom. The summed E-state index contributed by atoms with van der Waals surface area (Å²) in [6, 6.07) is 11.8. The van der Waals surface area contributed by atoms with Gasteiger partial charge in [0.05, 0.1) is 36.2 Å². The molecule has 0 bridgehead atoms. The monoisotopic (exact) mass is 461 g/mol. The van der Waals surface area contributed by atoms with Crippen LogP contribution in [-0.4, -0.2) is 57.9 Å². The molecule has 0 atom stereocenters. The van der Waals surface area contributed by atoms with Crippen LogP contribution in [0.1, 0.15) is 33.6 Å². The summed E-state index contributed by atoms with van der Waals surface area (Å²) in [4.78, 5) is 35.8. The van der Waals surface area contributed by atoms with Gasteiger partial charge in [0.25, 0.3) is 0 Å². The van der Waals surface area contributed by atoms with Gasteiger partial charge in [-0.15, -0.1) is 0 Å². The van der Waals surface area contributed by atoms with Crippen molar-refractivity contribution >= 4 is 27.9 Å². The van der Waals surface area contributed by atoms with Crippen LogP contribution in [0.2, 0.25) is 0 Å². The first kappa shape index (κ1) is 23.4. The summed E-state index contributed by atoms with van der Waals surface area (Å²) in [5.74, 6) is -1.89. The molecule has 0 aliphatic carbocycles. The molecular formula is C22H23NO8S. The van der Waals surface area contributed by atoms with Crippen molar-refractivity contribution in [3.05, 3.63) is 59.7 Å². The van der Waals surface area contributed by atoms with Crippen LogP contribution in [0.4, 0.5) is 0 Å². The Kier molecular flexibility index (Phi) is 7.26. The SMILES string of the molecule is COC(=O)c1ccc(OC(=O)C2CCN(S(=O)(=O)c3ccccc3C(=O)OC)CC2)cc1. The lowest BCUT2D eigenvalue weighted by Gasteiger charge is -2.30. The largest absolute Gasteiger partial charge is 0.465 e. The minimum absolute atomic E-state index is 0.0352. The Morgan fingerprint density at radius 3 is 2.06 bits per heavy atom. The maximum Gasteiger partial charge on any atom is 0.339 e. The van der Waals surface area contributed by atoms with Gasteiger partial charge in [-0.1, -0.05) is 12.1 Å². The highest BCUT2D eigenvalue weighted by Gasteiger charge is 2.35. The van der Waals surface area contributed by atoms with Gasteiger partial charge in [-0.05, 0) is 49.2 Å². The first-order valence-corrected chi connectivity index (χ1v) is 11.3. The molecule has 0 radical (unpaired) electrons. The summed E-state index contributed by atoms with van der Waals surface area (Å²) < 4.78 is 42.1. The fraction of sp³-hybridized carbons (Fsp3) is 0.318. The van der Waals surface area contributed by atoms with Crippen LogP contribution < -0.4 is 4.74 Å². The minimum Gasteiger partial charge on any atom is -0.465 e. The van der Waals surface area contributed by atoms with E-state index in [0.717, 1.165) is 0 Å². The highest BCUT2D eigenvalue weighted by atomic mass is 32.2. The van der Waals surface area contributed by atoms with Crippen LogP contribution in [0.15, 0.2) is 53.4 Å². The van der Waals surface area contributed by atoms with Gasteiger partial charge < -0.3 is 14.2 Å². The average molecular weight is 461 g/mol. The van der Waals surface area contributed by atoms with Crippen molar-refractivity contribution in [1.82, 2.24) is 4.31 Å². The van der Waals surface area contributed by atoms with Crippen LogP contribution in [-0.2, 0) is 24.3 Å². The van der Waals surface area contributed by atoms with Gasteiger partial charge in [0, 0.05) is 13.1 Å². The molecule has 1 heterocycles. The Balaban J connectivity index is 1.64. The molecule has 3 rings (SSSR count). The Hall–Kier alpha value is -3.24. The molecule has 0 unspecified atom stereocenters. The summed E-state index contributed by atoms with van der Waals surface area (Å²) in [5.41, 5.74) is 0.296. The normalized spacial score (nSPS) is 15.1. The zero-order valence-electron chi connectivity index (χ0n) is 17.6. The maximum absolute atomic E-state index is 13.1. The fourth-order valence-corrected chi connectivity index (χ4v) is 5.07. The number of carbonyl (C=O) groups is 3. The number of ether oxygens (including phenoxy) is 3. The lowest BCUT2D eigenvalue weighted by Crippen LogP contribution is -2.41. The number of hydrogen-bond donors (Lipinski definition) is 0. The second kappa shape index (κ2) is 9.92. The predicted molar refractivity (Wildman–Crippen MR) is 113 cm³/mol. The Bertz CT molecular complexity index is 1100. The van der Waals surface area contributed by atoms with Crippen molar-refractivity contribution in [2.24, 2.45) is 5.92 Å². The Morgan fingerprint density at radius 1 is 0.875 bits per heavy atom. The fourth-order valence-electron chi connectivity index (χ4n) is 3.42. The van der Waals surface area contributed by atoms with Crippen LogP contribution in [0.25, 0.3) is 0 Å². The third-order valence-corrected chi connectivity index (χ3v) is 7.15. The summed E-state index contributed by atoms with van der Waals surface area (Å²) in [6.07, 6.45) is 0.553. The van der Waals surface area contributed by atoms with Gasteiger partial charge >= 0.3 is 17.9 Å². The van der Waals surface area contributed by atoms with E-state index < -0.39 is 33.8 Å². The molecule has 1 aliphatic rings. The van der Waals surface area contributed by atoms with E-state index in [1.807, 2.05) is 0 Å². The van der Waals surface area contributed by atoms with E-state index in [1.165, 1.54) is 61.0 Å². The van der Waals surface area contributed by atoms with E-state index >= 15 is 0 Å². The van der Waals surface area contributed by atoms with E-state index in [9.17, 15) is 22.8 Å². The van der Waals surface area contributed by atoms with Gasteiger partial charge in [-0.25, -0.2) is 18.0 Å². The number of carbonyl (C=O) groups excluding carboxylic acids is 3. The third kappa shape index (κ3) is 4.97. The second-order valence-electron chi connectivity index (χ2n) is 7.10. The molecule has 0 saturated carbocycles. The van der Waals surface area contributed by atoms with E-state index in [2.05, 4.69) is 9.47 Å². The van der Waals surface area contributed by atoms with Crippen LogP contribution >= 0.6 is 0 Å². The molecule has 32 heavy (non-hydrogen) atoms. The summed E-state index contributed by atoms with van der Waals surface area (Å²) in [5, 5.41) is 0. The number of benzene rings is 2. The van der Waals surface area contributed by atoms with Gasteiger partial charge in [0.2, 0.25) is 10.0 Å². The molecular weight excluding hydrogens is 438 g/mol. The topological polar surface area (TPSA) is 116 Å². The molecule has 9 nitrogen and oxygen atoms in total. The molecule has 0 amide bonds. The molecule has 1 fully saturated rings. The van der Waals surface area contributed by atoms with Crippen molar-refractivity contribution < 1.29 is 37.0 Å². The number of esters is 3. The van der Waals surface area contributed by atoms with Crippen LogP contribution in [0.5, 0.6) is 5.75 Å². The van der Waals surface area contributed by atoms with Crippen molar-refractivity contribution in [1.29, 1.82) is 0 Å². The Labute approximate surface area is 185 Å². The van der Waals surface area contributed by atoms with Gasteiger partial charge in [-0.2, -0.15) is 4.31 Å². The summed E-state index contributed by atoms with van der Waals surface area (Å²) in [7, 11) is -1.47. The van der Waals surface area contributed by atoms with E-state index in [0.29, 0.717) is 5.56 Å². The van der Waals surface area contributed by atoms with Crippen LogP contribution in [0.3, 0.4) is 0 Å². The lowest BCUT2D eigenvalue weighted by atomic mass is 9.98. The number of nitrogens with zero attached hydrogens (tertiary/aromatic N) is 1. The lowest BCUT2D eigenvalue weighted by molar-refractivity contribution is -0.140. The van der Waals surface area contributed by atoms with Gasteiger partial charge in [0.15, 0.2) is 0 Å². The highest BCUT2D eigenvalue weighted by Crippen LogP contribution is 2.27. The predicted octanol–water partition coefficient (Wildman–Crippen LogP) is 2.27. The number of methoxy groups -OCH3 is 2. The van der Waals surface area contributed by atoms with Crippen molar-refractivity contribution in [2.75, 3.05) is 27.3 Å². The standard InChI is InChI=1S/C22H23NO8S/c1-29-20(24)15-7-9-17(10-8-15)31-21(25)16-11-13-23(14-12-16)32(27,28)19-6-4-3-5-18(19)22(26)30-2/h3-10,16H,11-14H2,1-2H3. The molecule has 0 spiro atoms. The number of piperidine rings is 1. The summed E-state index contributed by atoms with van der Waals surface area (Å²) >= 11 is 0. The van der Waals surface area contributed by atoms with Crippen LogP contribution in [0, 0.1) is 5.92 Å². The molecule has 1 saturated heterocycles. The first-order valence-electron chi connectivity index (χ1n) is 9.85. The smallest absolute Gasteiger partial charge is 0.339 e.